The van der Waals surface area contributed by atoms with Crippen molar-refractivity contribution in [2.75, 3.05) is 0 Å². The lowest BCUT2D eigenvalue weighted by atomic mass is 10.0. The van der Waals surface area contributed by atoms with Crippen molar-refractivity contribution in [1.82, 2.24) is 0 Å². The molecule has 1 atom stereocenters. The van der Waals surface area contributed by atoms with E-state index < -0.39 is 0 Å². The minimum atomic E-state index is -0.282. The van der Waals surface area contributed by atoms with Gasteiger partial charge in [-0.1, -0.05) is 13.8 Å². The molecule has 0 bridgehead atoms. The highest BCUT2D eigenvalue weighted by Crippen LogP contribution is 2.07. The van der Waals surface area contributed by atoms with Crippen LogP contribution in [0.4, 0.5) is 0 Å². The topological polar surface area (TPSA) is 54.4 Å². The summed E-state index contributed by atoms with van der Waals surface area (Å²) in [7, 11) is 0. The van der Waals surface area contributed by atoms with Crippen LogP contribution >= 0.6 is 0 Å². The van der Waals surface area contributed by atoms with E-state index in [4.69, 9.17) is 0 Å². The maximum Gasteiger partial charge on any atom is 0.133 e. The van der Waals surface area contributed by atoms with E-state index in [1.54, 1.807) is 0 Å². The van der Waals surface area contributed by atoms with Crippen molar-refractivity contribution >= 4 is 11.6 Å². The molecule has 88 valence electrons. The third-order valence-electron chi connectivity index (χ3n) is 2.54. The van der Waals surface area contributed by atoms with Gasteiger partial charge in [0.1, 0.15) is 11.6 Å². The van der Waals surface area contributed by atoms with E-state index in [0.717, 1.165) is 12.8 Å². The van der Waals surface area contributed by atoms with Gasteiger partial charge in [0.25, 0.3) is 0 Å². The fourth-order valence-electron chi connectivity index (χ4n) is 1.32. The van der Waals surface area contributed by atoms with Crippen LogP contribution in [0.1, 0.15) is 58.8 Å². The Morgan fingerprint density at radius 1 is 1.07 bits per heavy atom. The van der Waals surface area contributed by atoms with Crippen LogP contribution in [0.25, 0.3) is 0 Å². The lowest BCUT2D eigenvalue weighted by Crippen LogP contribution is -2.07. The molecule has 0 spiro atoms. The molecule has 0 aliphatic rings. The first-order chi connectivity index (χ1) is 7.10. The first-order valence-electron chi connectivity index (χ1n) is 5.81. The van der Waals surface area contributed by atoms with Crippen LogP contribution in [0.3, 0.4) is 0 Å². The summed E-state index contributed by atoms with van der Waals surface area (Å²) in [5, 5.41) is 9.26. The highest BCUT2D eigenvalue weighted by Gasteiger charge is 2.07. The van der Waals surface area contributed by atoms with Gasteiger partial charge in [-0.15, -0.1) is 0 Å². The van der Waals surface area contributed by atoms with Crippen molar-refractivity contribution in [2.24, 2.45) is 0 Å². The van der Waals surface area contributed by atoms with Crippen LogP contribution in [-0.4, -0.2) is 22.8 Å². The number of carbonyl (C=O) groups excluding carboxylic acids is 2. The molecule has 0 heterocycles. The molecule has 0 fully saturated rings. The Hall–Kier alpha value is -0.700. The lowest BCUT2D eigenvalue weighted by molar-refractivity contribution is -0.124. The summed E-state index contributed by atoms with van der Waals surface area (Å²) < 4.78 is 0. The van der Waals surface area contributed by atoms with Crippen LogP contribution in [0.15, 0.2) is 0 Å². The van der Waals surface area contributed by atoms with E-state index in [1.165, 1.54) is 0 Å². The van der Waals surface area contributed by atoms with Crippen molar-refractivity contribution in [3.63, 3.8) is 0 Å². The highest BCUT2D eigenvalue weighted by atomic mass is 16.3. The number of ketones is 2. The molecule has 15 heavy (non-hydrogen) atoms. The van der Waals surface area contributed by atoms with Crippen LogP contribution in [0.5, 0.6) is 0 Å². The average Bonchev–Trinajstić information content (AvgIpc) is 2.25. The second kappa shape index (κ2) is 8.60. The number of carbonyl (C=O) groups is 2. The first-order valence-corrected chi connectivity index (χ1v) is 5.81. The Morgan fingerprint density at radius 2 is 1.67 bits per heavy atom. The molecule has 3 heteroatoms. The summed E-state index contributed by atoms with van der Waals surface area (Å²) in [6.07, 6.45) is 3.63. The fourth-order valence-corrected chi connectivity index (χ4v) is 1.32. The van der Waals surface area contributed by atoms with Gasteiger partial charge in [-0.25, -0.2) is 0 Å². The Bertz CT molecular complexity index is 199. The van der Waals surface area contributed by atoms with Crippen molar-refractivity contribution in [3.05, 3.63) is 0 Å². The van der Waals surface area contributed by atoms with Crippen molar-refractivity contribution in [2.45, 2.75) is 64.9 Å². The molecule has 0 aromatic rings. The molecule has 0 aromatic carbocycles. The van der Waals surface area contributed by atoms with E-state index in [-0.39, 0.29) is 17.7 Å². The Labute approximate surface area is 91.9 Å². The Balaban J connectivity index is 3.45. The summed E-state index contributed by atoms with van der Waals surface area (Å²) in [5.74, 6) is 0.289. The maximum atomic E-state index is 11.3. The highest BCUT2D eigenvalue weighted by molar-refractivity contribution is 5.85. The zero-order chi connectivity index (χ0) is 11.7. The number of aliphatic hydroxyl groups excluding tert-OH is 1. The van der Waals surface area contributed by atoms with Gasteiger partial charge in [0.05, 0.1) is 6.10 Å². The quantitative estimate of drug-likeness (QED) is 0.640. The Morgan fingerprint density at radius 3 is 2.20 bits per heavy atom. The molecule has 1 unspecified atom stereocenters. The predicted octanol–water partition coefficient (Wildman–Crippen LogP) is 2.26. The third-order valence-corrected chi connectivity index (χ3v) is 2.54. The predicted molar refractivity (Wildman–Crippen MR) is 59.7 cm³/mol. The van der Waals surface area contributed by atoms with Gasteiger partial charge in [0.2, 0.25) is 0 Å². The molecule has 0 aliphatic heterocycles. The van der Waals surface area contributed by atoms with Crippen LogP contribution in [0, 0.1) is 0 Å². The molecule has 0 saturated carbocycles. The van der Waals surface area contributed by atoms with Crippen LogP contribution in [0.2, 0.25) is 0 Å². The summed E-state index contributed by atoms with van der Waals surface area (Å²) in [6.45, 7) is 3.73. The number of hydrogen-bond donors (Lipinski definition) is 1. The maximum absolute atomic E-state index is 11.3. The zero-order valence-electron chi connectivity index (χ0n) is 9.79. The van der Waals surface area contributed by atoms with Gasteiger partial charge in [0, 0.05) is 25.7 Å². The van der Waals surface area contributed by atoms with Crippen molar-refractivity contribution in [1.29, 1.82) is 0 Å². The molecule has 0 radical (unpaired) electrons. The molecule has 0 aliphatic carbocycles. The van der Waals surface area contributed by atoms with E-state index in [2.05, 4.69) is 0 Å². The lowest BCUT2D eigenvalue weighted by Gasteiger charge is -2.06. The van der Waals surface area contributed by atoms with Gasteiger partial charge < -0.3 is 5.11 Å². The first kappa shape index (κ1) is 14.3. The second-order valence-corrected chi connectivity index (χ2v) is 3.89. The summed E-state index contributed by atoms with van der Waals surface area (Å²) in [5.41, 5.74) is 0. The van der Waals surface area contributed by atoms with Gasteiger partial charge in [-0.2, -0.15) is 0 Å². The van der Waals surface area contributed by atoms with Crippen molar-refractivity contribution < 1.29 is 14.7 Å². The SMILES string of the molecule is CCC(=O)CCC(=O)CCCC(O)CC. The molecule has 0 saturated heterocycles. The Kier molecular flexibility index (Phi) is 8.19. The third kappa shape index (κ3) is 8.30. The summed E-state index contributed by atoms with van der Waals surface area (Å²) in [6, 6.07) is 0. The van der Waals surface area contributed by atoms with Crippen LogP contribution in [-0.2, 0) is 9.59 Å². The summed E-state index contributed by atoms with van der Waals surface area (Å²) >= 11 is 0. The van der Waals surface area contributed by atoms with Gasteiger partial charge >= 0.3 is 0 Å². The molecule has 3 nitrogen and oxygen atoms in total. The normalized spacial score (nSPS) is 12.5. The van der Waals surface area contributed by atoms with E-state index >= 15 is 0 Å². The number of aliphatic hydroxyl groups is 1. The smallest absolute Gasteiger partial charge is 0.133 e. The van der Waals surface area contributed by atoms with E-state index in [1.807, 2.05) is 13.8 Å². The van der Waals surface area contributed by atoms with Gasteiger partial charge in [-0.05, 0) is 19.3 Å². The second-order valence-electron chi connectivity index (χ2n) is 3.89. The van der Waals surface area contributed by atoms with E-state index in [9.17, 15) is 14.7 Å². The van der Waals surface area contributed by atoms with Gasteiger partial charge in [0.15, 0.2) is 0 Å². The van der Waals surface area contributed by atoms with E-state index in [0.29, 0.717) is 32.1 Å². The monoisotopic (exact) mass is 214 g/mol. The average molecular weight is 214 g/mol. The minimum absolute atomic E-state index is 0.139. The molecule has 0 amide bonds. The number of Topliss-reactive ketones (excluding diaryl/α,β-unsaturated/α-hetero) is 2. The standard InChI is InChI=1S/C12H22O3/c1-3-10(13)6-5-7-12(15)9-8-11(14)4-2/h10,13H,3-9H2,1-2H3. The number of hydrogen-bond acceptors (Lipinski definition) is 3. The minimum Gasteiger partial charge on any atom is -0.393 e. The largest absolute Gasteiger partial charge is 0.393 e. The number of rotatable bonds is 9. The zero-order valence-corrected chi connectivity index (χ0v) is 9.79. The van der Waals surface area contributed by atoms with Crippen LogP contribution < -0.4 is 0 Å². The molecular weight excluding hydrogens is 192 g/mol. The summed E-state index contributed by atoms with van der Waals surface area (Å²) in [4.78, 5) is 22.3. The molecule has 0 rings (SSSR count). The van der Waals surface area contributed by atoms with Gasteiger partial charge in [-0.3, -0.25) is 9.59 Å². The molecule has 0 aromatic heterocycles. The fraction of sp³-hybridized carbons (Fsp3) is 0.833. The molecule has 1 N–H and O–H groups in total. The molecular formula is C12H22O3. The van der Waals surface area contributed by atoms with Crippen molar-refractivity contribution in [3.8, 4) is 0 Å².